The van der Waals surface area contributed by atoms with Gasteiger partial charge in [0.15, 0.2) is 0 Å². The van der Waals surface area contributed by atoms with E-state index in [0.29, 0.717) is 10.8 Å². The quantitative estimate of drug-likeness (QED) is 0.0809. The van der Waals surface area contributed by atoms with E-state index < -0.39 is 0 Å². The van der Waals surface area contributed by atoms with Crippen LogP contribution in [0, 0.1) is 61.7 Å². The van der Waals surface area contributed by atoms with Gasteiger partial charge in [-0.1, -0.05) is 156 Å². The molecule has 2 radical (unpaired) electrons. The fourth-order valence-electron chi connectivity index (χ4n) is 18.1. The summed E-state index contributed by atoms with van der Waals surface area (Å²) in [5, 5.41) is 5.79. The Balaban J connectivity index is 0.000000175. The molecule has 4 heteroatoms. The summed E-state index contributed by atoms with van der Waals surface area (Å²) >= 11 is 1.36. The van der Waals surface area contributed by atoms with E-state index >= 15 is 0 Å². The summed E-state index contributed by atoms with van der Waals surface area (Å²) in [6.07, 6.45) is 38.7. The van der Waals surface area contributed by atoms with E-state index in [4.69, 9.17) is 0 Å². The molecule has 0 amide bonds. The van der Waals surface area contributed by atoms with Crippen LogP contribution in [0.25, 0.3) is 43.8 Å². The first-order valence-corrected chi connectivity index (χ1v) is 33.7. The molecule has 0 aromatic heterocycles. The third kappa shape index (κ3) is 12.6. The van der Waals surface area contributed by atoms with Crippen LogP contribution in [0.1, 0.15) is 190 Å². The zero-order valence-corrected chi connectivity index (χ0v) is 50.7. The van der Waals surface area contributed by atoms with Crippen molar-refractivity contribution >= 4 is 53.2 Å². The van der Waals surface area contributed by atoms with Crippen LogP contribution in [0.15, 0.2) is 109 Å². The zero-order chi connectivity index (χ0) is 48.4. The van der Waals surface area contributed by atoms with Gasteiger partial charge in [0.05, 0.1) is 0 Å². The maximum Gasteiger partial charge on any atom is -0.00391 e. The molecule has 6 aromatic carbocycles. The molecule has 10 aliphatic carbocycles. The summed E-state index contributed by atoms with van der Waals surface area (Å²) < 4.78 is 0. The van der Waals surface area contributed by atoms with Gasteiger partial charge in [-0.25, -0.2) is 0 Å². The van der Waals surface area contributed by atoms with E-state index in [1.165, 1.54) is 234 Å². The van der Waals surface area contributed by atoms with Gasteiger partial charge in [-0.2, -0.15) is 18.6 Å². The second-order valence-electron chi connectivity index (χ2n) is 25.5. The molecule has 10 saturated carbocycles. The van der Waals surface area contributed by atoms with E-state index in [-0.39, 0.29) is 32.2 Å². The third-order valence-corrected chi connectivity index (χ3v) is 20.3. The van der Waals surface area contributed by atoms with Gasteiger partial charge in [0, 0.05) is 0 Å². The maximum absolute atomic E-state index is 3.49. The molecule has 74 heavy (non-hydrogen) atoms. The smallest absolute Gasteiger partial charge is 0.00391 e. The van der Waals surface area contributed by atoms with Crippen LogP contribution >= 0.6 is 24.8 Å². The Kier molecular flexibility index (Phi) is 20.5. The molecule has 0 nitrogen and oxygen atoms in total. The Morgan fingerprint density at radius 1 is 0.473 bits per heavy atom. The van der Waals surface area contributed by atoms with Crippen LogP contribution in [0.3, 0.4) is 0 Å². The van der Waals surface area contributed by atoms with Crippen molar-refractivity contribution in [1.82, 2.24) is 0 Å². The molecular formula is C70H90Cl2SiZr-4. The van der Waals surface area contributed by atoms with Crippen molar-refractivity contribution in [2.45, 2.75) is 191 Å². The van der Waals surface area contributed by atoms with Crippen LogP contribution in [0.2, 0.25) is 0 Å². The van der Waals surface area contributed by atoms with Crippen LogP contribution in [0.5, 0.6) is 0 Å². The topological polar surface area (TPSA) is 0 Å². The molecular weight excluding hydrogens is 1030 g/mol. The first-order chi connectivity index (χ1) is 34.9. The third-order valence-electron chi connectivity index (χ3n) is 20.3. The van der Waals surface area contributed by atoms with Gasteiger partial charge in [-0.15, -0.1) is 93.9 Å². The minimum Gasteiger partial charge on any atom is -0.164 e. The SMILES string of the molecule is Cl.Cl.[CH2-]CC.[CH3-].[Si]=[Zr].c1cc(-c2ccc(C34CC5CC(CC(C5)C3)C4)cc2)c2cc(CC3CCCCCC3)[cH-]c2c1.c1cc(-c2ccc(C34CC5CC(CC(C5)C3)C4)cc2)c2cc(CC3CCCCCC3)[cH-]c2c1. The van der Waals surface area contributed by atoms with Gasteiger partial charge in [-0.3, -0.25) is 0 Å². The predicted molar refractivity (Wildman–Crippen MR) is 322 cm³/mol. The fraction of sp³-hybridized carbons (Fsp3) is 0.543. The van der Waals surface area contributed by atoms with Gasteiger partial charge in [0.25, 0.3) is 0 Å². The average Bonchev–Trinajstić information content (AvgIpc) is 3.78. The number of hydrogen-bond acceptors (Lipinski definition) is 0. The van der Waals surface area contributed by atoms with Crippen molar-refractivity contribution in [2.75, 3.05) is 0 Å². The van der Waals surface area contributed by atoms with Crippen molar-refractivity contribution in [3.63, 3.8) is 0 Å². The Labute approximate surface area is 479 Å². The Morgan fingerprint density at radius 2 is 0.770 bits per heavy atom. The van der Waals surface area contributed by atoms with Crippen molar-refractivity contribution in [1.29, 1.82) is 0 Å². The summed E-state index contributed by atoms with van der Waals surface area (Å²) in [5.41, 5.74) is 13.1. The van der Waals surface area contributed by atoms with Crippen molar-refractivity contribution in [3.05, 3.63) is 146 Å². The molecule has 0 unspecified atom stereocenters. The van der Waals surface area contributed by atoms with Crippen LogP contribution < -0.4 is 0 Å². The number of rotatable bonds is 8. The molecule has 0 aliphatic heterocycles. The van der Waals surface area contributed by atoms with Gasteiger partial charge in [0.1, 0.15) is 0 Å². The minimum atomic E-state index is 0. The normalized spacial score (nSPS) is 28.7. The Bertz CT molecular complexity index is 2410. The number of hydrogen-bond donors (Lipinski definition) is 0. The Hall–Kier alpha value is -2.22. The molecule has 0 saturated heterocycles. The molecule has 8 bridgehead atoms. The number of benzene rings is 4. The summed E-state index contributed by atoms with van der Waals surface area (Å²) in [5.74, 6) is 7.88. The molecule has 0 atom stereocenters. The largest absolute Gasteiger partial charge is 0.164 e. The van der Waals surface area contributed by atoms with Gasteiger partial charge in [-0.05, 0) is 170 Å². The van der Waals surface area contributed by atoms with Gasteiger partial charge in [0.2, 0.25) is 0 Å². The molecule has 0 N–H and O–H groups in total. The average molecular weight is 1120 g/mol. The zero-order valence-electron chi connectivity index (χ0n) is 45.6. The second kappa shape index (κ2) is 26.2. The fourth-order valence-corrected chi connectivity index (χ4v) is 18.1. The van der Waals surface area contributed by atoms with E-state index in [2.05, 4.69) is 123 Å². The number of halogens is 2. The maximum atomic E-state index is 3.49. The minimum absolute atomic E-state index is 0. The van der Waals surface area contributed by atoms with Crippen LogP contribution in [-0.4, -0.2) is 6.88 Å². The molecule has 396 valence electrons. The van der Waals surface area contributed by atoms with E-state index in [9.17, 15) is 0 Å². The number of fused-ring (bicyclic) bond motifs is 2. The van der Waals surface area contributed by atoms with Crippen LogP contribution in [0.4, 0.5) is 0 Å². The van der Waals surface area contributed by atoms with Crippen molar-refractivity contribution in [2.24, 2.45) is 47.3 Å². The predicted octanol–water partition coefficient (Wildman–Crippen LogP) is 20.6. The van der Waals surface area contributed by atoms with Crippen LogP contribution in [-0.2, 0) is 47.0 Å². The summed E-state index contributed by atoms with van der Waals surface area (Å²) in [6, 6.07) is 43.7. The van der Waals surface area contributed by atoms with Gasteiger partial charge >= 0.3 is 30.2 Å². The molecule has 6 aromatic rings. The molecule has 0 heterocycles. The first kappa shape index (κ1) is 57.9. The van der Waals surface area contributed by atoms with Gasteiger partial charge < -0.3 is 14.4 Å². The van der Waals surface area contributed by atoms with E-state index in [0.717, 1.165) is 53.8 Å². The van der Waals surface area contributed by atoms with E-state index in [1.54, 1.807) is 22.3 Å². The van der Waals surface area contributed by atoms with Crippen molar-refractivity contribution < 1.29 is 23.3 Å². The summed E-state index contributed by atoms with van der Waals surface area (Å²) in [6.45, 7) is 8.56. The molecule has 10 aliphatic rings. The Morgan fingerprint density at radius 3 is 1.07 bits per heavy atom. The first-order valence-electron chi connectivity index (χ1n) is 29.5. The van der Waals surface area contributed by atoms with E-state index in [1.807, 2.05) is 6.92 Å². The molecule has 10 fully saturated rings. The monoisotopic (exact) mass is 1120 g/mol. The van der Waals surface area contributed by atoms with Crippen molar-refractivity contribution in [3.8, 4) is 22.3 Å². The standard InChI is InChI=1S/2C33H39.C3H7.CH3.2ClH.Si.Zr/c2*1-2-4-7-23(6-3-1)14-24-18-29-8-5-9-31(32(29)19-24)28-10-12-30(13-11-28)33-20-25-15-26(21-33)17-27(16-25)22-33;1-3-2;;;;;/h2*5,8-13,18-19,23,25-27H,1-4,6-7,14-17,20-22H2;1,3H2,2H3;1H3;2*1H;;/q4*-1;;;;. The molecule has 0 spiro atoms. The second-order valence-corrected chi connectivity index (χ2v) is 25.5. The summed E-state index contributed by atoms with van der Waals surface area (Å²) in [4.78, 5) is 0. The summed E-state index contributed by atoms with van der Waals surface area (Å²) in [7, 11) is 0. The molecule has 16 rings (SSSR count).